The highest BCUT2D eigenvalue weighted by molar-refractivity contribution is 5.97. The molecule has 1 atom stereocenters. The summed E-state index contributed by atoms with van der Waals surface area (Å²) in [6, 6.07) is 11.5. The van der Waals surface area contributed by atoms with E-state index in [9.17, 15) is 19.2 Å². The Kier molecular flexibility index (Phi) is 10.8. The number of hydrogen-bond acceptors (Lipinski definition) is 8. The Bertz CT molecular complexity index is 1110. The molecule has 36 heavy (non-hydrogen) atoms. The van der Waals surface area contributed by atoms with Crippen molar-refractivity contribution in [3.63, 3.8) is 0 Å². The number of carbonyl (C=O) groups excluding carboxylic acids is 4. The van der Waals surface area contributed by atoms with E-state index in [0.29, 0.717) is 16.9 Å². The summed E-state index contributed by atoms with van der Waals surface area (Å²) >= 11 is 0. The second-order valence-corrected chi connectivity index (χ2v) is 7.44. The molecule has 0 saturated heterocycles. The summed E-state index contributed by atoms with van der Waals surface area (Å²) in [6.07, 6.45) is 2.76. The van der Waals surface area contributed by atoms with Gasteiger partial charge in [-0.2, -0.15) is 0 Å². The third-order valence-corrected chi connectivity index (χ3v) is 4.79. The molecule has 0 fully saturated rings. The summed E-state index contributed by atoms with van der Waals surface area (Å²) in [5, 5.41) is 9.95. The lowest BCUT2D eigenvalue weighted by molar-refractivity contribution is -0.147. The van der Waals surface area contributed by atoms with Crippen molar-refractivity contribution in [1.82, 2.24) is 5.32 Å². The maximum Gasteiger partial charge on any atom is 0.336 e. The van der Waals surface area contributed by atoms with E-state index in [0.717, 1.165) is 0 Å². The maximum absolute atomic E-state index is 12.6. The van der Waals surface area contributed by atoms with Crippen LogP contribution in [0.15, 0.2) is 54.6 Å². The van der Waals surface area contributed by atoms with Gasteiger partial charge in [0, 0.05) is 23.6 Å². The molecule has 0 spiro atoms. The average Bonchev–Trinajstić information content (AvgIpc) is 2.86. The molecule has 0 radical (unpaired) electrons. The molecule has 2 rings (SSSR count). The molecule has 2 aromatic rings. The van der Waals surface area contributed by atoms with E-state index >= 15 is 0 Å². The number of benzene rings is 2. The van der Waals surface area contributed by atoms with Crippen molar-refractivity contribution in [2.24, 2.45) is 5.73 Å². The van der Waals surface area contributed by atoms with Crippen molar-refractivity contribution in [3.05, 3.63) is 71.3 Å². The fraction of sp³-hybridized carbons (Fsp3) is 0.269. The minimum absolute atomic E-state index is 0.0433. The molecule has 0 aliphatic heterocycles. The van der Waals surface area contributed by atoms with Crippen molar-refractivity contribution in [2.45, 2.75) is 32.7 Å². The van der Waals surface area contributed by atoms with Crippen LogP contribution in [0.4, 0.5) is 0 Å². The number of nitrogen functional groups attached to an aromatic ring is 1. The predicted molar refractivity (Wildman–Crippen MR) is 132 cm³/mol. The molecule has 0 aliphatic carbocycles. The molecular weight excluding hydrogens is 466 g/mol. The first-order valence-electron chi connectivity index (χ1n) is 11.3. The highest BCUT2D eigenvalue weighted by Crippen LogP contribution is 2.13. The number of ether oxygens (including phenoxy) is 3. The standard InChI is InChI=1S/C26H29N3O7/c1-3-34-22(30)16-14-21(26(33)35-4-2)29-25(32)19-8-5-17(6-9-19)7-15-23(31)36-20-12-10-18(11-13-20)24(27)28/h5-13,15,21H,3-4,14,16H2,1-2H3,(H3,27,28)(H,29,32)/b15-7+/t21-/m0/s1. The number of nitrogens with two attached hydrogens (primary N) is 1. The lowest BCUT2D eigenvalue weighted by Crippen LogP contribution is -2.42. The van der Waals surface area contributed by atoms with Gasteiger partial charge in [-0.3, -0.25) is 15.0 Å². The van der Waals surface area contributed by atoms with Gasteiger partial charge in [-0.25, -0.2) is 9.59 Å². The van der Waals surface area contributed by atoms with E-state index in [2.05, 4.69) is 5.32 Å². The first-order chi connectivity index (χ1) is 17.2. The second-order valence-electron chi connectivity index (χ2n) is 7.44. The molecule has 0 heterocycles. The fourth-order valence-corrected chi connectivity index (χ4v) is 2.99. The van der Waals surface area contributed by atoms with Crippen LogP contribution in [0.5, 0.6) is 5.75 Å². The van der Waals surface area contributed by atoms with Crippen molar-refractivity contribution in [3.8, 4) is 5.75 Å². The van der Waals surface area contributed by atoms with Gasteiger partial charge < -0.3 is 25.3 Å². The van der Waals surface area contributed by atoms with Gasteiger partial charge in [0.05, 0.1) is 13.2 Å². The molecule has 1 amide bonds. The monoisotopic (exact) mass is 495 g/mol. The Balaban J connectivity index is 1.96. The Labute approximate surface area is 208 Å². The van der Waals surface area contributed by atoms with Crippen LogP contribution in [0.25, 0.3) is 6.08 Å². The van der Waals surface area contributed by atoms with Gasteiger partial charge in [0.15, 0.2) is 0 Å². The van der Waals surface area contributed by atoms with Crippen LogP contribution in [-0.4, -0.2) is 48.9 Å². The average molecular weight is 496 g/mol. The van der Waals surface area contributed by atoms with E-state index < -0.39 is 29.9 Å². The lowest BCUT2D eigenvalue weighted by Gasteiger charge is -2.17. The van der Waals surface area contributed by atoms with Crippen LogP contribution in [0.3, 0.4) is 0 Å². The molecule has 0 bridgehead atoms. The molecule has 0 unspecified atom stereocenters. The number of nitrogens with one attached hydrogen (secondary N) is 2. The largest absolute Gasteiger partial charge is 0.466 e. The number of esters is 3. The molecule has 4 N–H and O–H groups in total. The summed E-state index contributed by atoms with van der Waals surface area (Å²) in [7, 11) is 0. The van der Waals surface area contributed by atoms with Crippen LogP contribution >= 0.6 is 0 Å². The molecule has 0 saturated carbocycles. The first kappa shape index (κ1) is 27.8. The van der Waals surface area contributed by atoms with E-state index in [4.69, 9.17) is 25.4 Å². The van der Waals surface area contributed by atoms with Crippen molar-refractivity contribution in [1.29, 1.82) is 5.41 Å². The molecule has 0 aromatic heterocycles. The quantitative estimate of drug-likeness (QED) is 0.133. The van der Waals surface area contributed by atoms with Gasteiger partial charge in [0.1, 0.15) is 17.6 Å². The zero-order valence-electron chi connectivity index (χ0n) is 20.1. The summed E-state index contributed by atoms with van der Waals surface area (Å²) in [5.41, 5.74) is 6.83. The zero-order valence-corrected chi connectivity index (χ0v) is 20.1. The smallest absolute Gasteiger partial charge is 0.336 e. The number of carbonyl (C=O) groups is 4. The molecule has 10 heteroatoms. The van der Waals surface area contributed by atoms with Crippen LogP contribution in [0.2, 0.25) is 0 Å². The van der Waals surface area contributed by atoms with E-state index in [1.54, 1.807) is 38.1 Å². The third kappa shape index (κ3) is 9.05. The van der Waals surface area contributed by atoms with E-state index in [-0.39, 0.29) is 37.5 Å². The molecule has 2 aromatic carbocycles. The summed E-state index contributed by atoms with van der Waals surface area (Å²) in [5.74, 6) is -2.00. The third-order valence-electron chi connectivity index (χ3n) is 4.79. The van der Waals surface area contributed by atoms with Crippen LogP contribution in [0.1, 0.15) is 48.2 Å². The van der Waals surface area contributed by atoms with Gasteiger partial charge in [-0.05, 0) is 68.3 Å². The zero-order chi connectivity index (χ0) is 26.5. The van der Waals surface area contributed by atoms with Crippen molar-refractivity contribution in [2.75, 3.05) is 13.2 Å². The second kappa shape index (κ2) is 14.1. The molecular formula is C26H29N3O7. The Morgan fingerprint density at radius 3 is 2.14 bits per heavy atom. The van der Waals surface area contributed by atoms with Gasteiger partial charge >= 0.3 is 17.9 Å². The Morgan fingerprint density at radius 2 is 1.56 bits per heavy atom. The van der Waals surface area contributed by atoms with Gasteiger partial charge in [0.25, 0.3) is 5.91 Å². The summed E-state index contributed by atoms with van der Waals surface area (Å²) in [4.78, 5) is 48.5. The topological polar surface area (TPSA) is 158 Å². The van der Waals surface area contributed by atoms with E-state index in [1.807, 2.05) is 0 Å². The molecule has 190 valence electrons. The van der Waals surface area contributed by atoms with Gasteiger partial charge in [-0.1, -0.05) is 12.1 Å². The summed E-state index contributed by atoms with van der Waals surface area (Å²) < 4.78 is 15.1. The molecule has 10 nitrogen and oxygen atoms in total. The maximum atomic E-state index is 12.6. The highest BCUT2D eigenvalue weighted by Gasteiger charge is 2.24. The number of rotatable bonds is 12. The Hall–Kier alpha value is -4.47. The first-order valence-corrected chi connectivity index (χ1v) is 11.3. The minimum atomic E-state index is -0.999. The lowest BCUT2D eigenvalue weighted by atomic mass is 10.1. The number of hydrogen-bond donors (Lipinski definition) is 3. The van der Waals surface area contributed by atoms with Crippen molar-refractivity contribution < 1.29 is 33.4 Å². The Morgan fingerprint density at radius 1 is 0.944 bits per heavy atom. The highest BCUT2D eigenvalue weighted by atomic mass is 16.5. The summed E-state index contributed by atoms with van der Waals surface area (Å²) in [6.45, 7) is 3.69. The molecule has 0 aliphatic rings. The fourth-order valence-electron chi connectivity index (χ4n) is 2.99. The van der Waals surface area contributed by atoms with Crippen LogP contribution in [-0.2, 0) is 23.9 Å². The van der Waals surface area contributed by atoms with Crippen LogP contribution in [0, 0.1) is 5.41 Å². The number of amidine groups is 1. The van der Waals surface area contributed by atoms with Gasteiger partial charge in [-0.15, -0.1) is 0 Å². The van der Waals surface area contributed by atoms with Gasteiger partial charge in [0.2, 0.25) is 0 Å². The van der Waals surface area contributed by atoms with E-state index in [1.165, 1.54) is 36.4 Å². The minimum Gasteiger partial charge on any atom is -0.466 e. The van der Waals surface area contributed by atoms with Crippen molar-refractivity contribution >= 4 is 35.7 Å². The van der Waals surface area contributed by atoms with Crippen LogP contribution < -0.4 is 15.8 Å². The number of amides is 1. The normalized spacial score (nSPS) is 11.4. The SMILES string of the molecule is CCOC(=O)CC[C@H](NC(=O)c1ccc(/C=C/C(=O)Oc2ccc(C(=N)N)cc2)cc1)C(=O)OCC. The predicted octanol–water partition coefficient (Wildman–Crippen LogP) is 2.59.